The number of alkyl halides is 6. The third-order valence-electron chi connectivity index (χ3n) is 10.4. The first-order chi connectivity index (χ1) is 32.1. The second-order valence-corrected chi connectivity index (χ2v) is 15.6. The highest BCUT2D eigenvalue weighted by molar-refractivity contribution is 5.82. The highest BCUT2D eigenvalue weighted by Crippen LogP contribution is 2.38. The topological polar surface area (TPSA) is 148 Å². The first-order valence-corrected chi connectivity index (χ1v) is 20.8. The lowest BCUT2D eigenvalue weighted by Crippen LogP contribution is -2.09. The molecule has 9 aromatic rings. The van der Waals surface area contributed by atoms with Crippen molar-refractivity contribution >= 4 is 17.2 Å². The summed E-state index contributed by atoms with van der Waals surface area (Å²) in [4.78, 5) is 26.8. The summed E-state index contributed by atoms with van der Waals surface area (Å²) in [5.74, 6) is 0.376. The maximum absolute atomic E-state index is 13.4. The van der Waals surface area contributed by atoms with Crippen LogP contribution in [0.5, 0.6) is 6.01 Å². The molecule has 0 saturated carbocycles. The lowest BCUT2D eigenvalue weighted by molar-refractivity contribution is -0.138. The van der Waals surface area contributed by atoms with E-state index >= 15 is 0 Å². The number of aliphatic hydroxyl groups excluding tert-OH is 2. The number of ether oxygens (including phenoxy) is 1. The number of nitrogens with zero attached hydrogens (tertiary/aromatic N) is 8. The van der Waals surface area contributed by atoms with E-state index in [2.05, 4.69) is 35.2 Å². The minimum atomic E-state index is -4.49. The van der Waals surface area contributed by atoms with Crippen molar-refractivity contribution in [3.8, 4) is 51.3 Å². The van der Waals surface area contributed by atoms with E-state index in [1.807, 2.05) is 51.1 Å². The molecular weight excluding hydrogens is 877 g/mol. The van der Waals surface area contributed by atoms with Crippen molar-refractivity contribution in [3.63, 3.8) is 0 Å². The number of imidazole rings is 2. The Kier molecular flexibility index (Phi) is 13.0. The molecule has 0 unspecified atom stereocenters. The van der Waals surface area contributed by atoms with Gasteiger partial charge in [-0.2, -0.15) is 31.3 Å². The van der Waals surface area contributed by atoms with Crippen LogP contribution in [0.25, 0.3) is 56.6 Å². The van der Waals surface area contributed by atoms with E-state index in [0.717, 1.165) is 29.8 Å². The Balaban J connectivity index is 0.000000184. The molecule has 6 heterocycles. The highest BCUT2D eigenvalue weighted by Gasteiger charge is 2.32. The Morgan fingerprint density at radius 3 is 1.58 bits per heavy atom. The SMILES string of the molecule is CC(C)Oc1nccc(-c2c(-c3cccc(C(F)(F)F)c3)nc3cc(CO)ccn23)n1.C[C@H](Nc1nccc(-c2c(-c3cccc(C(F)(F)F)c3)nc3cc(CO)ccn23)n1)c1ccccc1. The second kappa shape index (κ2) is 19.0. The first-order valence-electron chi connectivity index (χ1n) is 20.8. The van der Waals surface area contributed by atoms with Gasteiger partial charge in [-0.05, 0) is 98.1 Å². The summed E-state index contributed by atoms with van der Waals surface area (Å²) >= 11 is 0. The molecule has 0 aliphatic heterocycles. The first kappa shape index (κ1) is 45.9. The number of anilines is 1. The number of rotatable bonds is 11. The standard InChI is InChI=1S/C27H22F3N5O.C22H19F3N4O2/c1-17(19-6-3-2-4-7-19)32-26-31-12-10-22(33-26)25-24(20-8-5-9-21(15-20)27(28,29)30)34-23-14-18(16-36)11-13-35(23)25;1-13(2)31-21-26-8-6-17(27-21)20-19(15-4-3-5-16(11-15)22(23,24)25)28-18-10-14(12-30)7-9-29(18)20/h2-15,17,36H,16H2,1H3,(H,31,32,33);3-11,13,30H,12H2,1-2H3/t17-;/m0./s1. The van der Waals surface area contributed by atoms with Gasteiger partial charge in [0.15, 0.2) is 0 Å². The van der Waals surface area contributed by atoms with Gasteiger partial charge in [-0.1, -0.05) is 54.6 Å². The minimum absolute atomic E-state index is 0.0707. The van der Waals surface area contributed by atoms with Crippen molar-refractivity contribution in [1.82, 2.24) is 38.7 Å². The Bertz CT molecular complexity index is 3170. The molecule has 6 aromatic heterocycles. The van der Waals surface area contributed by atoms with Crippen LogP contribution in [0.1, 0.15) is 54.6 Å². The normalized spacial score (nSPS) is 12.3. The fourth-order valence-corrected chi connectivity index (χ4v) is 7.27. The van der Waals surface area contributed by atoms with E-state index in [1.165, 1.54) is 18.3 Å². The van der Waals surface area contributed by atoms with Crippen molar-refractivity contribution in [1.29, 1.82) is 0 Å². The van der Waals surface area contributed by atoms with Gasteiger partial charge < -0.3 is 20.3 Å². The largest absolute Gasteiger partial charge is 0.461 e. The Morgan fingerprint density at radius 1 is 0.582 bits per heavy atom. The molecule has 342 valence electrons. The third kappa shape index (κ3) is 10.2. The molecule has 3 aromatic carbocycles. The van der Waals surface area contributed by atoms with Crippen LogP contribution < -0.4 is 10.1 Å². The predicted octanol–water partition coefficient (Wildman–Crippen LogP) is 10.9. The summed E-state index contributed by atoms with van der Waals surface area (Å²) in [5, 5.41) is 22.3. The van der Waals surface area contributed by atoms with E-state index in [-0.39, 0.29) is 31.4 Å². The third-order valence-corrected chi connectivity index (χ3v) is 10.4. The summed E-state index contributed by atoms with van der Waals surface area (Å²) < 4.78 is 89.3. The minimum Gasteiger partial charge on any atom is -0.461 e. The van der Waals surface area contributed by atoms with Crippen LogP contribution >= 0.6 is 0 Å². The number of fused-ring (bicyclic) bond motifs is 2. The number of nitrogens with one attached hydrogen (secondary N) is 1. The Labute approximate surface area is 379 Å². The van der Waals surface area contributed by atoms with E-state index in [4.69, 9.17) is 4.74 Å². The average molecular weight is 918 g/mol. The maximum atomic E-state index is 13.4. The number of aromatic nitrogens is 8. The molecule has 0 amide bonds. The zero-order valence-electron chi connectivity index (χ0n) is 36.0. The van der Waals surface area contributed by atoms with Crippen molar-refractivity contribution in [2.45, 2.75) is 58.5 Å². The van der Waals surface area contributed by atoms with Crippen LogP contribution in [-0.4, -0.2) is 55.0 Å². The number of aliphatic hydroxyl groups is 2. The van der Waals surface area contributed by atoms with Gasteiger partial charge in [-0.15, -0.1) is 0 Å². The molecule has 9 rings (SSSR count). The molecule has 0 aliphatic carbocycles. The van der Waals surface area contributed by atoms with Crippen LogP contribution in [0.4, 0.5) is 32.3 Å². The van der Waals surface area contributed by atoms with E-state index in [0.29, 0.717) is 73.7 Å². The lowest BCUT2D eigenvalue weighted by Gasteiger charge is -2.15. The fourth-order valence-electron chi connectivity index (χ4n) is 7.27. The monoisotopic (exact) mass is 917 g/mol. The number of pyridine rings is 2. The van der Waals surface area contributed by atoms with E-state index in [9.17, 15) is 36.6 Å². The van der Waals surface area contributed by atoms with Gasteiger partial charge in [0.1, 0.15) is 11.3 Å². The summed E-state index contributed by atoms with van der Waals surface area (Å²) in [6.07, 6.45) is -2.57. The van der Waals surface area contributed by atoms with Gasteiger partial charge in [-0.25, -0.2) is 24.9 Å². The molecule has 18 heteroatoms. The van der Waals surface area contributed by atoms with Crippen LogP contribution in [0.2, 0.25) is 0 Å². The zero-order chi connectivity index (χ0) is 47.5. The summed E-state index contributed by atoms with van der Waals surface area (Å²) in [6.45, 7) is 5.31. The number of hydrogen-bond acceptors (Lipinski definition) is 10. The van der Waals surface area contributed by atoms with Crippen molar-refractivity contribution in [3.05, 3.63) is 168 Å². The van der Waals surface area contributed by atoms with Gasteiger partial charge in [0.2, 0.25) is 5.95 Å². The molecule has 67 heavy (non-hydrogen) atoms. The number of halogens is 6. The molecule has 0 saturated heterocycles. The molecule has 0 bridgehead atoms. The van der Waals surface area contributed by atoms with Crippen LogP contribution in [0, 0.1) is 0 Å². The summed E-state index contributed by atoms with van der Waals surface area (Å²) in [5.41, 5.74) is 4.97. The smallest absolute Gasteiger partial charge is 0.416 e. The lowest BCUT2D eigenvalue weighted by atomic mass is 10.0. The fraction of sp³-hybridized carbons (Fsp3) is 0.184. The average Bonchev–Trinajstić information content (AvgIpc) is 3.90. The van der Waals surface area contributed by atoms with Crippen LogP contribution in [0.3, 0.4) is 0 Å². The van der Waals surface area contributed by atoms with Crippen LogP contribution in [0.15, 0.2) is 140 Å². The summed E-state index contributed by atoms with van der Waals surface area (Å²) in [6, 6.07) is 30.1. The van der Waals surface area contributed by atoms with Gasteiger partial charge in [-0.3, -0.25) is 8.80 Å². The number of hydrogen-bond donors (Lipinski definition) is 3. The molecule has 0 radical (unpaired) electrons. The number of benzene rings is 3. The van der Waals surface area contributed by atoms with Crippen molar-refractivity contribution in [2.24, 2.45) is 0 Å². The van der Waals surface area contributed by atoms with Crippen LogP contribution in [-0.2, 0) is 25.6 Å². The van der Waals surface area contributed by atoms with Gasteiger partial charge in [0.25, 0.3) is 0 Å². The molecule has 1 atom stereocenters. The molecule has 0 fully saturated rings. The van der Waals surface area contributed by atoms with E-state index < -0.39 is 23.5 Å². The van der Waals surface area contributed by atoms with Crippen molar-refractivity contribution < 1.29 is 41.3 Å². The van der Waals surface area contributed by atoms with Gasteiger partial charge >= 0.3 is 18.4 Å². The highest BCUT2D eigenvalue weighted by atomic mass is 19.4. The Hall–Kier alpha value is -7.70. The zero-order valence-corrected chi connectivity index (χ0v) is 36.0. The van der Waals surface area contributed by atoms with E-state index in [1.54, 1.807) is 75.9 Å². The predicted molar refractivity (Wildman–Crippen MR) is 239 cm³/mol. The molecule has 12 nitrogen and oxygen atoms in total. The molecule has 0 aliphatic rings. The second-order valence-electron chi connectivity index (χ2n) is 15.6. The maximum Gasteiger partial charge on any atom is 0.416 e. The quantitative estimate of drug-likeness (QED) is 0.107. The molecule has 3 N–H and O–H groups in total. The summed E-state index contributed by atoms with van der Waals surface area (Å²) in [7, 11) is 0. The molecule has 0 spiro atoms. The van der Waals surface area contributed by atoms with Gasteiger partial charge in [0.05, 0.1) is 70.7 Å². The molecular formula is C49H41F6N9O3. The van der Waals surface area contributed by atoms with Crippen molar-refractivity contribution in [2.75, 3.05) is 5.32 Å². The van der Waals surface area contributed by atoms with Gasteiger partial charge in [0, 0.05) is 35.9 Å². The Morgan fingerprint density at radius 2 is 1.09 bits per heavy atom.